The molecule has 1 heterocycles. The Labute approximate surface area is 86.7 Å². The lowest BCUT2D eigenvalue weighted by Gasteiger charge is -2.14. The highest BCUT2D eigenvalue weighted by Gasteiger charge is 2.11. The van der Waals surface area contributed by atoms with Crippen molar-refractivity contribution in [2.24, 2.45) is 5.73 Å². The molecule has 0 radical (unpaired) electrons. The van der Waals surface area contributed by atoms with Crippen LogP contribution in [0.5, 0.6) is 0 Å². The number of carbonyl (C=O) groups excluding carboxylic acids is 1. The molecule has 2 atom stereocenters. The minimum Gasteiger partial charge on any atom is -0.392 e. The molecule has 5 heteroatoms. The first-order valence-corrected chi connectivity index (χ1v) is 5.24. The van der Waals surface area contributed by atoms with E-state index in [1.165, 1.54) is 11.3 Å². The summed E-state index contributed by atoms with van der Waals surface area (Å²) in [5, 5.41) is 13.6. The maximum atomic E-state index is 11.4. The zero-order valence-electron chi connectivity index (χ0n) is 7.93. The third kappa shape index (κ3) is 3.10. The maximum Gasteiger partial charge on any atom is 0.261 e. The van der Waals surface area contributed by atoms with Gasteiger partial charge in [0.1, 0.15) is 0 Å². The Bertz CT molecular complexity index is 285. The van der Waals surface area contributed by atoms with Crippen LogP contribution in [0.25, 0.3) is 0 Å². The van der Waals surface area contributed by atoms with Crippen LogP contribution in [-0.4, -0.2) is 29.7 Å². The molecule has 0 fully saturated rings. The number of nitrogens with one attached hydrogen (secondary N) is 1. The van der Waals surface area contributed by atoms with Crippen molar-refractivity contribution < 1.29 is 9.90 Å². The van der Waals surface area contributed by atoms with E-state index < -0.39 is 12.1 Å². The molecular weight excluding hydrogens is 200 g/mol. The van der Waals surface area contributed by atoms with Gasteiger partial charge in [0.05, 0.1) is 11.0 Å². The van der Waals surface area contributed by atoms with E-state index in [2.05, 4.69) is 5.32 Å². The highest BCUT2D eigenvalue weighted by Crippen LogP contribution is 2.07. The van der Waals surface area contributed by atoms with Gasteiger partial charge in [0.25, 0.3) is 5.91 Å². The molecule has 0 aliphatic heterocycles. The van der Waals surface area contributed by atoms with Crippen LogP contribution in [0.4, 0.5) is 0 Å². The fourth-order valence-corrected chi connectivity index (χ4v) is 1.52. The molecule has 0 aliphatic carbocycles. The third-order valence-electron chi connectivity index (χ3n) is 1.86. The molecule has 0 bridgehead atoms. The second-order valence-corrected chi connectivity index (χ2v) is 4.04. The summed E-state index contributed by atoms with van der Waals surface area (Å²) in [5.41, 5.74) is 5.56. The van der Waals surface area contributed by atoms with Gasteiger partial charge in [0, 0.05) is 12.6 Å². The summed E-state index contributed by atoms with van der Waals surface area (Å²) < 4.78 is 0. The second-order valence-electron chi connectivity index (χ2n) is 3.09. The van der Waals surface area contributed by atoms with E-state index in [1.54, 1.807) is 13.0 Å². The number of thiophene rings is 1. The van der Waals surface area contributed by atoms with E-state index in [4.69, 9.17) is 10.8 Å². The largest absolute Gasteiger partial charge is 0.392 e. The van der Waals surface area contributed by atoms with E-state index in [9.17, 15) is 4.79 Å². The Hall–Kier alpha value is -0.910. The van der Waals surface area contributed by atoms with Gasteiger partial charge in [0.2, 0.25) is 0 Å². The summed E-state index contributed by atoms with van der Waals surface area (Å²) in [6.45, 7) is 1.89. The molecule has 0 spiro atoms. The first kappa shape index (κ1) is 11.2. The Morgan fingerprint density at radius 3 is 3.00 bits per heavy atom. The number of hydrogen-bond donors (Lipinski definition) is 3. The van der Waals surface area contributed by atoms with Crippen LogP contribution in [0.15, 0.2) is 17.5 Å². The van der Waals surface area contributed by atoms with Crippen molar-refractivity contribution in [3.63, 3.8) is 0 Å². The van der Waals surface area contributed by atoms with Crippen molar-refractivity contribution in [2.45, 2.75) is 19.1 Å². The van der Waals surface area contributed by atoms with Gasteiger partial charge in [-0.2, -0.15) is 0 Å². The lowest BCUT2D eigenvalue weighted by atomic mass is 10.2. The molecule has 1 rings (SSSR count). The van der Waals surface area contributed by atoms with Crippen LogP contribution in [0, 0.1) is 0 Å². The van der Waals surface area contributed by atoms with Crippen molar-refractivity contribution in [1.82, 2.24) is 5.32 Å². The number of hydrogen-bond acceptors (Lipinski definition) is 4. The quantitative estimate of drug-likeness (QED) is 0.669. The normalized spacial score (nSPS) is 14.8. The van der Waals surface area contributed by atoms with E-state index in [1.807, 2.05) is 11.4 Å². The van der Waals surface area contributed by atoms with Crippen LogP contribution >= 0.6 is 11.3 Å². The van der Waals surface area contributed by atoms with Gasteiger partial charge in [-0.15, -0.1) is 11.3 Å². The molecule has 0 saturated carbocycles. The fourth-order valence-electron chi connectivity index (χ4n) is 0.876. The molecule has 1 aromatic heterocycles. The maximum absolute atomic E-state index is 11.4. The molecule has 0 aliphatic rings. The van der Waals surface area contributed by atoms with Crippen LogP contribution in [-0.2, 0) is 0 Å². The van der Waals surface area contributed by atoms with Crippen molar-refractivity contribution in [2.75, 3.05) is 6.54 Å². The second kappa shape index (κ2) is 5.09. The summed E-state index contributed by atoms with van der Waals surface area (Å²) in [5.74, 6) is -0.142. The summed E-state index contributed by atoms with van der Waals surface area (Å²) in [7, 11) is 0. The predicted molar refractivity (Wildman–Crippen MR) is 56.3 cm³/mol. The molecular formula is C9H14N2O2S. The zero-order valence-corrected chi connectivity index (χ0v) is 8.75. The highest BCUT2D eigenvalue weighted by atomic mass is 32.1. The standard InChI is InChI=1S/C9H14N2O2S/c1-6(12)7(10)5-11-9(13)8-3-2-4-14-8/h2-4,6-7,12H,5,10H2,1H3,(H,11,13). The topological polar surface area (TPSA) is 75.3 Å². The van der Waals surface area contributed by atoms with Crippen molar-refractivity contribution in [1.29, 1.82) is 0 Å². The summed E-state index contributed by atoms with van der Waals surface area (Å²) >= 11 is 1.38. The average molecular weight is 214 g/mol. The molecule has 14 heavy (non-hydrogen) atoms. The van der Waals surface area contributed by atoms with E-state index in [-0.39, 0.29) is 12.5 Å². The summed E-state index contributed by atoms with van der Waals surface area (Å²) in [4.78, 5) is 12.1. The number of carbonyl (C=O) groups is 1. The molecule has 2 unspecified atom stereocenters. The number of aliphatic hydroxyl groups is 1. The Kier molecular flexibility index (Phi) is 4.06. The lowest BCUT2D eigenvalue weighted by Crippen LogP contribution is -2.43. The van der Waals surface area contributed by atoms with E-state index in [0.717, 1.165) is 0 Å². The van der Waals surface area contributed by atoms with Gasteiger partial charge >= 0.3 is 0 Å². The lowest BCUT2D eigenvalue weighted by molar-refractivity contribution is 0.0941. The van der Waals surface area contributed by atoms with Crippen molar-refractivity contribution in [3.8, 4) is 0 Å². The van der Waals surface area contributed by atoms with Crippen molar-refractivity contribution >= 4 is 17.2 Å². The molecule has 1 amide bonds. The van der Waals surface area contributed by atoms with Crippen LogP contribution in [0.3, 0.4) is 0 Å². The molecule has 1 aromatic rings. The van der Waals surface area contributed by atoms with Gasteiger partial charge in [-0.25, -0.2) is 0 Å². The molecule has 4 N–H and O–H groups in total. The van der Waals surface area contributed by atoms with Crippen LogP contribution < -0.4 is 11.1 Å². The summed E-state index contributed by atoms with van der Waals surface area (Å²) in [6.07, 6.45) is -0.612. The molecule has 78 valence electrons. The monoisotopic (exact) mass is 214 g/mol. The summed E-state index contributed by atoms with van der Waals surface area (Å²) in [6, 6.07) is 3.14. The minimum atomic E-state index is -0.612. The smallest absolute Gasteiger partial charge is 0.261 e. The van der Waals surface area contributed by atoms with Gasteiger partial charge in [0.15, 0.2) is 0 Å². The molecule has 4 nitrogen and oxygen atoms in total. The Morgan fingerprint density at radius 1 is 1.79 bits per heavy atom. The Morgan fingerprint density at radius 2 is 2.50 bits per heavy atom. The number of nitrogens with two attached hydrogens (primary N) is 1. The van der Waals surface area contributed by atoms with Gasteiger partial charge < -0.3 is 16.2 Å². The van der Waals surface area contributed by atoms with Gasteiger partial charge in [-0.3, -0.25) is 4.79 Å². The van der Waals surface area contributed by atoms with Gasteiger partial charge in [-0.05, 0) is 18.4 Å². The average Bonchev–Trinajstić information content (AvgIpc) is 2.66. The van der Waals surface area contributed by atoms with Crippen LogP contribution in [0.2, 0.25) is 0 Å². The number of rotatable bonds is 4. The fraction of sp³-hybridized carbons (Fsp3) is 0.444. The first-order valence-electron chi connectivity index (χ1n) is 4.36. The Balaban J connectivity index is 2.36. The number of amides is 1. The zero-order chi connectivity index (χ0) is 10.6. The predicted octanol–water partition coefficient (Wildman–Crippen LogP) is 0.186. The van der Waals surface area contributed by atoms with Crippen molar-refractivity contribution in [3.05, 3.63) is 22.4 Å². The van der Waals surface area contributed by atoms with Crippen LogP contribution in [0.1, 0.15) is 16.6 Å². The highest BCUT2D eigenvalue weighted by molar-refractivity contribution is 7.12. The van der Waals surface area contributed by atoms with E-state index in [0.29, 0.717) is 4.88 Å². The molecule has 0 aromatic carbocycles. The SMILES string of the molecule is CC(O)C(N)CNC(=O)c1cccs1. The molecule has 0 saturated heterocycles. The van der Waals surface area contributed by atoms with Gasteiger partial charge in [-0.1, -0.05) is 6.07 Å². The third-order valence-corrected chi connectivity index (χ3v) is 2.73. The van der Waals surface area contributed by atoms with E-state index >= 15 is 0 Å². The minimum absolute atomic E-state index is 0.142. The first-order chi connectivity index (χ1) is 6.61. The number of aliphatic hydroxyl groups excluding tert-OH is 1.